The van der Waals surface area contributed by atoms with Crippen LogP contribution in [0, 0.1) is 0 Å². The van der Waals surface area contributed by atoms with Gasteiger partial charge >= 0.3 is 71.1 Å². The standard InChI is InChI=1S/C14H16N2O11S2.2Na/c1-8(17)14(13(19)27-3,7-12(18)26-2)16-15-10-6-9(28(20,21)22)4-5-11(10)29(23,24)25;;/h4-6H,7H2,1-3H3,(H,20,21,22)(H,23,24,25);;/q;2*+1/p-2. The maximum atomic E-state index is 12.1. The van der Waals surface area contributed by atoms with Gasteiger partial charge in [0.2, 0.25) is 5.54 Å². The summed E-state index contributed by atoms with van der Waals surface area (Å²) in [6, 6.07) is 1.46. The van der Waals surface area contributed by atoms with E-state index in [0.29, 0.717) is 18.2 Å². The van der Waals surface area contributed by atoms with Crippen LogP contribution in [0.2, 0.25) is 0 Å². The van der Waals surface area contributed by atoms with Gasteiger partial charge in [0.15, 0.2) is 5.78 Å². The Balaban J connectivity index is 0. The molecule has 0 saturated heterocycles. The van der Waals surface area contributed by atoms with Crippen molar-refractivity contribution in [2.45, 2.75) is 28.7 Å². The van der Waals surface area contributed by atoms with Crippen molar-refractivity contribution in [2.75, 3.05) is 14.2 Å². The van der Waals surface area contributed by atoms with Crippen LogP contribution in [0.5, 0.6) is 0 Å². The molecule has 1 atom stereocenters. The molecule has 0 aliphatic carbocycles. The first-order valence-corrected chi connectivity index (χ1v) is 10.2. The molecule has 0 bridgehead atoms. The van der Waals surface area contributed by atoms with Gasteiger partial charge in [-0.15, -0.1) is 0 Å². The summed E-state index contributed by atoms with van der Waals surface area (Å²) in [5, 5.41) is 6.69. The summed E-state index contributed by atoms with van der Waals surface area (Å²) in [7, 11) is -8.50. The van der Waals surface area contributed by atoms with Crippen molar-refractivity contribution in [1.29, 1.82) is 0 Å². The van der Waals surface area contributed by atoms with Crippen LogP contribution in [0.15, 0.2) is 38.2 Å². The van der Waals surface area contributed by atoms with Gasteiger partial charge in [-0.05, 0) is 25.1 Å². The molecule has 0 aliphatic rings. The molecule has 17 heteroatoms. The van der Waals surface area contributed by atoms with Crippen LogP contribution in [-0.4, -0.2) is 63.4 Å². The van der Waals surface area contributed by atoms with Gasteiger partial charge in [0.25, 0.3) is 0 Å². The molecule has 1 aromatic rings. The van der Waals surface area contributed by atoms with Gasteiger partial charge in [0, 0.05) is 0 Å². The van der Waals surface area contributed by atoms with E-state index < -0.39 is 65.4 Å². The Labute approximate surface area is 222 Å². The minimum Gasteiger partial charge on any atom is -0.744 e. The number of hydrogen-bond acceptors (Lipinski definition) is 13. The monoisotopic (exact) mass is 496 g/mol. The van der Waals surface area contributed by atoms with Crippen molar-refractivity contribution >= 4 is 43.6 Å². The molecule has 1 rings (SSSR count). The van der Waals surface area contributed by atoms with Crippen LogP contribution in [0.1, 0.15) is 13.3 Å². The fourth-order valence-corrected chi connectivity index (χ4v) is 3.10. The van der Waals surface area contributed by atoms with E-state index >= 15 is 0 Å². The first kappa shape index (κ1) is 32.4. The molecule has 160 valence electrons. The zero-order valence-corrected chi connectivity index (χ0v) is 22.8. The molecule has 0 saturated carbocycles. The van der Waals surface area contributed by atoms with Gasteiger partial charge in [0.1, 0.15) is 25.9 Å². The Morgan fingerprint density at radius 3 is 1.94 bits per heavy atom. The van der Waals surface area contributed by atoms with Gasteiger partial charge < -0.3 is 18.6 Å². The number of rotatable bonds is 8. The van der Waals surface area contributed by atoms with Gasteiger partial charge in [-0.25, -0.2) is 21.6 Å². The zero-order valence-electron chi connectivity index (χ0n) is 17.1. The molecule has 0 fully saturated rings. The van der Waals surface area contributed by atoms with Crippen molar-refractivity contribution < 1.29 is 109 Å². The number of Topliss-reactive ketones (excluding diaryl/α,β-unsaturated/α-hetero) is 1. The molecule has 0 radical (unpaired) electrons. The average Bonchev–Trinajstić information content (AvgIpc) is 2.62. The topological polar surface area (TPSA) is 209 Å². The van der Waals surface area contributed by atoms with E-state index in [4.69, 9.17) is 0 Å². The number of esters is 2. The maximum Gasteiger partial charge on any atom is 1.00 e. The van der Waals surface area contributed by atoms with Gasteiger partial charge in [-0.1, -0.05) is 0 Å². The van der Waals surface area contributed by atoms with Crippen LogP contribution in [0.4, 0.5) is 5.69 Å². The summed E-state index contributed by atoms with van der Waals surface area (Å²) >= 11 is 0. The normalized spacial score (nSPS) is 13.3. The van der Waals surface area contributed by atoms with E-state index in [-0.39, 0.29) is 59.1 Å². The van der Waals surface area contributed by atoms with Crippen LogP contribution in [0.25, 0.3) is 0 Å². The van der Waals surface area contributed by atoms with Gasteiger partial charge in [-0.3, -0.25) is 9.59 Å². The number of azo groups is 1. The Hall–Kier alpha value is -0.750. The van der Waals surface area contributed by atoms with Crippen molar-refractivity contribution in [1.82, 2.24) is 0 Å². The minimum atomic E-state index is -5.23. The molecule has 0 N–H and O–H groups in total. The zero-order chi connectivity index (χ0) is 22.6. The molecule has 0 aliphatic heterocycles. The Morgan fingerprint density at radius 1 is 1.00 bits per heavy atom. The van der Waals surface area contributed by atoms with E-state index in [1.165, 1.54) is 0 Å². The largest absolute Gasteiger partial charge is 1.00 e. The van der Waals surface area contributed by atoms with E-state index in [9.17, 15) is 40.3 Å². The molecule has 0 heterocycles. The average molecular weight is 496 g/mol. The van der Waals surface area contributed by atoms with Crippen molar-refractivity contribution in [3.63, 3.8) is 0 Å². The van der Waals surface area contributed by atoms with Crippen molar-refractivity contribution in [2.24, 2.45) is 10.2 Å². The second kappa shape index (κ2) is 12.5. The maximum absolute atomic E-state index is 12.1. The molecule has 0 spiro atoms. The van der Waals surface area contributed by atoms with Gasteiger partial charge in [0.05, 0.1) is 30.4 Å². The number of nitrogens with zero attached hydrogens (tertiary/aromatic N) is 2. The van der Waals surface area contributed by atoms with E-state index in [1.54, 1.807) is 0 Å². The summed E-state index contributed by atoms with van der Waals surface area (Å²) in [6.07, 6.45) is -0.992. The number of benzene rings is 1. The molecule has 0 amide bonds. The molecule has 13 nitrogen and oxygen atoms in total. The molecule has 0 aromatic heterocycles. The first-order chi connectivity index (χ1) is 13.2. The van der Waals surface area contributed by atoms with E-state index in [1.807, 2.05) is 0 Å². The predicted octanol–water partition coefficient (Wildman–Crippen LogP) is -6.35. The number of ketones is 1. The van der Waals surface area contributed by atoms with Crippen molar-refractivity contribution in [3.05, 3.63) is 18.2 Å². The Morgan fingerprint density at radius 2 is 1.55 bits per heavy atom. The van der Waals surface area contributed by atoms with E-state index in [2.05, 4.69) is 19.7 Å². The molecule has 31 heavy (non-hydrogen) atoms. The minimum absolute atomic E-state index is 0. The number of methoxy groups -OCH3 is 2. The summed E-state index contributed by atoms with van der Waals surface area (Å²) in [5.41, 5.74) is -3.56. The summed E-state index contributed by atoms with van der Waals surface area (Å²) in [6.45, 7) is 0.850. The quantitative estimate of drug-likeness (QED) is 0.109. The van der Waals surface area contributed by atoms with Crippen LogP contribution in [0.3, 0.4) is 0 Å². The third kappa shape index (κ3) is 8.27. The van der Waals surface area contributed by atoms with Crippen LogP contribution < -0.4 is 59.1 Å². The van der Waals surface area contributed by atoms with Gasteiger partial charge in [-0.2, -0.15) is 10.2 Å². The summed E-state index contributed by atoms with van der Waals surface area (Å²) < 4.78 is 76.4. The van der Waals surface area contributed by atoms with Crippen molar-refractivity contribution in [3.8, 4) is 0 Å². The molecule has 1 unspecified atom stereocenters. The number of carbonyl (C=O) groups is 3. The Bertz CT molecular complexity index is 1090. The fraction of sp³-hybridized carbons (Fsp3) is 0.357. The smallest absolute Gasteiger partial charge is 0.744 e. The second-order valence-corrected chi connectivity index (χ2v) is 8.13. The third-order valence-corrected chi connectivity index (χ3v) is 5.27. The number of carbonyl (C=O) groups excluding carboxylic acids is 3. The van der Waals surface area contributed by atoms with Crippen LogP contribution in [-0.2, 0) is 44.1 Å². The van der Waals surface area contributed by atoms with Crippen LogP contribution >= 0.6 is 0 Å². The molecular weight excluding hydrogens is 482 g/mol. The second-order valence-electron chi connectivity index (χ2n) is 5.40. The Kier molecular flexibility index (Phi) is 13.1. The summed E-state index contributed by atoms with van der Waals surface area (Å²) in [4.78, 5) is 33.8. The number of hydrogen-bond donors (Lipinski definition) is 0. The van der Waals surface area contributed by atoms with E-state index in [0.717, 1.165) is 21.1 Å². The first-order valence-electron chi connectivity index (χ1n) is 7.34. The molecule has 1 aromatic carbocycles. The predicted molar refractivity (Wildman–Crippen MR) is 88.9 cm³/mol. The SMILES string of the molecule is COC(=O)CC(N=Nc1cc(S(=O)(=O)[O-])ccc1S(=O)(=O)[O-])(C(C)=O)C(=O)OC.[Na+].[Na+]. The third-order valence-electron chi connectivity index (χ3n) is 3.55. The number of ether oxygens (including phenoxy) is 2. The molecular formula is C14H14N2Na2O11S2. The summed E-state index contributed by atoms with van der Waals surface area (Å²) in [5.74, 6) is -3.51. The fourth-order valence-electron chi connectivity index (χ4n) is 2.02.